The Hall–Kier alpha value is -0.220. The van der Waals surface area contributed by atoms with Crippen LogP contribution in [-0.4, -0.2) is 37.2 Å². The highest BCUT2D eigenvalue weighted by molar-refractivity contribution is 8.13. The SMILES string of the molecule is C1CCC2(CC1)CN=C(NCC1CCOC1)SC2. The standard InChI is InChI=1S/C14H24N2OS/c1-2-5-14(6-3-1)10-16-13(18-11-14)15-8-12-4-7-17-9-12/h12H,1-11H2,(H,15,16). The average Bonchev–Trinajstić information content (AvgIpc) is 2.93. The van der Waals surface area contributed by atoms with Crippen LogP contribution < -0.4 is 5.32 Å². The maximum Gasteiger partial charge on any atom is 0.156 e. The molecule has 1 unspecified atom stereocenters. The molecule has 3 rings (SSSR count). The van der Waals surface area contributed by atoms with Crippen LogP contribution in [0.2, 0.25) is 0 Å². The zero-order valence-corrected chi connectivity index (χ0v) is 11.9. The highest BCUT2D eigenvalue weighted by Crippen LogP contribution is 2.41. The first-order chi connectivity index (χ1) is 8.86. The molecule has 3 nitrogen and oxygen atoms in total. The van der Waals surface area contributed by atoms with Gasteiger partial charge in [0.1, 0.15) is 0 Å². The van der Waals surface area contributed by atoms with Gasteiger partial charge < -0.3 is 10.1 Å². The number of nitrogens with one attached hydrogen (secondary N) is 1. The molecule has 2 fully saturated rings. The number of nitrogens with zero attached hydrogens (tertiary/aromatic N) is 1. The maximum absolute atomic E-state index is 5.40. The zero-order chi connectivity index (χ0) is 12.3. The lowest BCUT2D eigenvalue weighted by Gasteiger charge is -2.38. The molecule has 1 N–H and O–H groups in total. The van der Waals surface area contributed by atoms with Gasteiger partial charge in [0.25, 0.3) is 0 Å². The smallest absolute Gasteiger partial charge is 0.156 e. The summed E-state index contributed by atoms with van der Waals surface area (Å²) < 4.78 is 5.40. The fourth-order valence-electron chi connectivity index (χ4n) is 3.24. The minimum absolute atomic E-state index is 0.546. The Labute approximate surface area is 114 Å². The molecule has 2 heterocycles. The van der Waals surface area contributed by atoms with E-state index in [-0.39, 0.29) is 0 Å². The maximum atomic E-state index is 5.40. The summed E-state index contributed by atoms with van der Waals surface area (Å²) in [6.45, 7) is 3.96. The quantitative estimate of drug-likeness (QED) is 0.836. The van der Waals surface area contributed by atoms with Crippen LogP contribution in [0.25, 0.3) is 0 Å². The number of thioether (sulfide) groups is 1. The summed E-state index contributed by atoms with van der Waals surface area (Å²) in [5.41, 5.74) is 0.546. The molecule has 102 valence electrons. The summed E-state index contributed by atoms with van der Waals surface area (Å²) in [5, 5.41) is 4.70. The van der Waals surface area contributed by atoms with E-state index in [0.29, 0.717) is 11.3 Å². The van der Waals surface area contributed by atoms with Crippen LogP contribution in [0.1, 0.15) is 38.5 Å². The molecule has 18 heavy (non-hydrogen) atoms. The number of aliphatic imine (C=N–C) groups is 1. The van der Waals surface area contributed by atoms with Gasteiger partial charge in [0.2, 0.25) is 0 Å². The molecule has 1 spiro atoms. The van der Waals surface area contributed by atoms with Crippen molar-refractivity contribution in [3.05, 3.63) is 0 Å². The lowest BCUT2D eigenvalue weighted by Crippen LogP contribution is -2.38. The molecule has 0 aromatic carbocycles. The molecule has 0 amide bonds. The first kappa shape index (κ1) is 12.8. The van der Waals surface area contributed by atoms with Crippen molar-refractivity contribution in [1.29, 1.82) is 0 Å². The monoisotopic (exact) mass is 268 g/mol. The average molecular weight is 268 g/mol. The number of hydrogen-bond donors (Lipinski definition) is 1. The summed E-state index contributed by atoms with van der Waals surface area (Å²) in [5.74, 6) is 1.97. The largest absolute Gasteiger partial charge is 0.381 e. The van der Waals surface area contributed by atoms with Crippen molar-refractivity contribution < 1.29 is 4.74 Å². The van der Waals surface area contributed by atoms with E-state index in [1.165, 1.54) is 49.4 Å². The Morgan fingerprint density at radius 3 is 2.89 bits per heavy atom. The number of ether oxygens (including phenoxy) is 1. The molecule has 3 aliphatic rings. The first-order valence-corrected chi connectivity index (χ1v) is 8.34. The van der Waals surface area contributed by atoms with E-state index in [9.17, 15) is 0 Å². The summed E-state index contributed by atoms with van der Waals surface area (Å²) in [4.78, 5) is 4.80. The summed E-state index contributed by atoms with van der Waals surface area (Å²) >= 11 is 1.95. The normalized spacial score (nSPS) is 31.3. The summed E-state index contributed by atoms with van der Waals surface area (Å²) in [7, 11) is 0. The zero-order valence-electron chi connectivity index (χ0n) is 11.1. The van der Waals surface area contributed by atoms with Crippen LogP contribution in [0, 0.1) is 11.3 Å². The molecule has 1 saturated carbocycles. The molecule has 0 aromatic heterocycles. The highest BCUT2D eigenvalue weighted by Gasteiger charge is 2.34. The van der Waals surface area contributed by atoms with E-state index >= 15 is 0 Å². The molecule has 1 aliphatic carbocycles. The van der Waals surface area contributed by atoms with Crippen molar-refractivity contribution in [2.75, 3.05) is 32.1 Å². The van der Waals surface area contributed by atoms with Crippen molar-refractivity contribution in [2.45, 2.75) is 38.5 Å². The van der Waals surface area contributed by atoms with Gasteiger partial charge in [0, 0.05) is 31.4 Å². The van der Waals surface area contributed by atoms with E-state index in [4.69, 9.17) is 9.73 Å². The van der Waals surface area contributed by atoms with Gasteiger partial charge in [-0.3, -0.25) is 4.99 Å². The molecule has 1 atom stereocenters. The lowest BCUT2D eigenvalue weighted by atomic mass is 9.75. The molecule has 0 bridgehead atoms. The minimum Gasteiger partial charge on any atom is -0.381 e. The van der Waals surface area contributed by atoms with Crippen molar-refractivity contribution in [2.24, 2.45) is 16.3 Å². The van der Waals surface area contributed by atoms with Crippen LogP contribution in [0.4, 0.5) is 0 Å². The molecule has 2 aliphatic heterocycles. The van der Waals surface area contributed by atoms with Gasteiger partial charge in [-0.1, -0.05) is 31.0 Å². The molecule has 0 radical (unpaired) electrons. The summed E-state index contributed by atoms with van der Waals surface area (Å²) in [6.07, 6.45) is 8.26. The Kier molecular flexibility index (Phi) is 4.14. The number of amidine groups is 1. The van der Waals surface area contributed by atoms with Crippen LogP contribution in [0.3, 0.4) is 0 Å². The third-order valence-corrected chi connectivity index (χ3v) is 5.86. The van der Waals surface area contributed by atoms with Crippen molar-refractivity contribution in [3.8, 4) is 0 Å². The third-order valence-electron chi connectivity index (χ3n) is 4.55. The van der Waals surface area contributed by atoms with Crippen molar-refractivity contribution in [3.63, 3.8) is 0 Å². The number of hydrogen-bond acceptors (Lipinski definition) is 4. The van der Waals surface area contributed by atoms with E-state index in [2.05, 4.69) is 5.32 Å². The summed E-state index contributed by atoms with van der Waals surface area (Å²) in [6, 6.07) is 0. The Morgan fingerprint density at radius 2 is 2.22 bits per heavy atom. The predicted molar refractivity (Wildman–Crippen MR) is 77.2 cm³/mol. The van der Waals surface area contributed by atoms with Crippen LogP contribution in [0.5, 0.6) is 0 Å². The van der Waals surface area contributed by atoms with Crippen molar-refractivity contribution >= 4 is 16.9 Å². The minimum atomic E-state index is 0.546. The molecule has 4 heteroatoms. The van der Waals surface area contributed by atoms with Gasteiger partial charge in [-0.2, -0.15) is 0 Å². The Bertz CT molecular complexity index is 307. The van der Waals surface area contributed by atoms with E-state index in [1.54, 1.807) is 0 Å². The second kappa shape index (κ2) is 5.83. The van der Waals surface area contributed by atoms with E-state index in [1.807, 2.05) is 11.8 Å². The topological polar surface area (TPSA) is 33.6 Å². The number of rotatable bonds is 2. The van der Waals surface area contributed by atoms with Gasteiger partial charge >= 0.3 is 0 Å². The molecular weight excluding hydrogens is 244 g/mol. The Balaban J connectivity index is 1.47. The lowest BCUT2D eigenvalue weighted by molar-refractivity contribution is 0.186. The Morgan fingerprint density at radius 1 is 1.33 bits per heavy atom. The first-order valence-electron chi connectivity index (χ1n) is 7.35. The highest BCUT2D eigenvalue weighted by atomic mass is 32.2. The van der Waals surface area contributed by atoms with E-state index < -0.39 is 0 Å². The van der Waals surface area contributed by atoms with Gasteiger partial charge in [0.05, 0.1) is 6.61 Å². The van der Waals surface area contributed by atoms with Gasteiger partial charge in [-0.25, -0.2) is 0 Å². The van der Waals surface area contributed by atoms with Gasteiger partial charge in [-0.05, 0) is 24.7 Å². The van der Waals surface area contributed by atoms with Crippen LogP contribution in [0.15, 0.2) is 4.99 Å². The van der Waals surface area contributed by atoms with E-state index in [0.717, 1.165) is 26.3 Å². The van der Waals surface area contributed by atoms with Crippen LogP contribution >= 0.6 is 11.8 Å². The fourth-order valence-corrected chi connectivity index (χ4v) is 4.40. The second-order valence-electron chi connectivity index (χ2n) is 6.08. The van der Waals surface area contributed by atoms with Crippen LogP contribution in [-0.2, 0) is 4.74 Å². The molecular formula is C14H24N2OS. The molecule has 1 saturated heterocycles. The van der Waals surface area contributed by atoms with Crippen molar-refractivity contribution in [1.82, 2.24) is 5.32 Å². The second-order valence-corrected chi connectivity index (χ2v) is 7.05. The molecule has 0 aromatic rings. The fraction of sp³-hybridized carbons (Fsp3) is 0.929. The predicted octanol–water partition coefficient (Wildman–Crippen LogP) is 2.67. The third kappa shape index (κ3) is 3.02. The van der Waals surface area contributed by atoms with Gasteiger partial charge in [0.15, 0.2) is 5.17 Å². The van der Waals surface area contributed by atoms with Gasteiger partial charge in [-0.15, -0.1) is 0 Å².